The van der Waals surface area contributed by atoms with Crippen LogP contribution in [0.25, 0.3) is 11.2 Å². The van der Waals surface area contributed by atoms with E-state index in [1.165, 1.54) is 5.01 Å². The van der Waals surface area contributed by atoms with E-state index >= 15 is 0 Å². The fraction of sp³-hybridized carbons (Fsp3) is 0.625. The highest BCUT2D eigenvalue weighted by Crippen LogP contribution is 2.33. The highest BCUT2D eigenvalue weighted by Gasteiger charge is 2.40. The van der Waals surface area contributed by atoms with Crippen molar-refractivity contribution in [2.75, 3.05) is 30.4 Å². The molecule has 2 aromatic heterocycles. The predicted molar refractivity (Wildman–Crippen MR) is 104 cm³/mol. The third-order valence-electron chi connectivity index (χ3n) is 4.27. The highest BCUT2D eigenvalue weighted by molar-refractivity contribution is 5.87. The molecule has 2 aromatic rings. The maximum absolute atomic E-state index is 13.8. The number of alkyl halides is 2. The van der Waals surface area contributed by atoms with Gasteiger partial charge < -0.3 is 20.6 Å². The second kappa shape index (κ2) is 7.00. The van der Waals surface area contributed by atoms with E-state index in [1.807, 2.05) is 20.8 Å². The molecule has 3 rings (SSSR count). The number of hydrazine groups is 1. The maximum atomic E-state index is 13.8. The lowest BCUT2D eigenvalue weighted by molar-refractivity contribution is 0.0257. The molecule has 0 atom stereocenters. The van der Waals surface area contributed by atoms with E-state index in [1.54, 1.807) is 22.8 Å². The summed E-state index contributed by atoms with van der Waals surface area (Å²) in [4.78, 5) is 14.9. The summed E-state index contributed by atoms with van der Waals surface area (Å²) < 4.78 is 29.3. The lowest BCUT2D eigenvalue weighted by Crippen LogP contribution is -2.36. The first-order chi connectivity index (χ1) is 13.0. The van der Waals surface area contributed by atoms with Gasteiger partial charge in [-0.15, -0.1) is 0 Å². The summed E-state index contributed by atoms with van der Waals surface area (Å²) in [5.41, 5.74) is 0.606. The molecule has 0 radical (unpaired) electrons. The van der Waals surface area contributed by atoms with Crippen molar-refractivity contribution < 1.29 is 8.78 Å². The first-order valence-electron chi connectivity index (χ1n) is 8.88. The average molecular weight is 396 g/mol. The summed E-state index contributed by atoms with van der Waals surface area (Å²) in [6.07, 6.45) is 1.33. The molecule has 12 heteroatoms. The van der Waals surface area contributed by atoms with Crippen LogP contribution in [0.2, 0.25) is 0 Å². The fourth-order valence-corrected chi connectivity index (χ4v) is 2.97. The van der Waals surface area contributed by atoms with Crippen LogP contribution in [0.5, 0.6) is 0 Å². The second-order valence-corrected chi connectivity index (χ2v) is 7.97. The van der Waals surface area contributed by atoms with Crippen molar-refractivity contribution in [3.63, 3.8) is 0 Å². The summed E-state index contributed by atoms with van der Waals surface area (Å²) in [7, 11) is 1.62. The number of likely N-dealkylation sites (N-methyl/N-ethyl adjacent to an activating group) is 1. The van der Waals surface area contributed by atoms with Gasteiger partial charge in [-0.1, -0.05) is 0 Å². The minimum Gasteiger partial charge on any atom is -0.350 e. The lowest BCUT2D eigenvalue weighted by Gasteiger charge is -2.23. The monoisotopic (exact) mass is 396 g/mol. The molecule has 3 heterocycles. The third kappa shape index (κ3) is 4.21. The number of nitrogens with two attached hydrogens (primary N) is 2. The SMILES string of the molecule is CN(N)/C(Cn1cnc2c(N3CCC(F)(F)C3)nc(NC(C)(C)C)nc21)=N\N. The number of nitrogens with zero attached hydrogens (tertiary/aromatic N) is 7. The number of amidine groups is 1. The molecule has 0 spiro atoms. The zero-order valence-corrected chi connectivity index (χ0v) is 16.4. The Balaban J connectivity index is 2.08. The van der Waals surface area contributed by atoms with Gasteiger partial charge in [0.05, 0.1) is 19.4 Å². The maximum Gasteiger partial charge on any atom is 0.266 e. The number of hydrogen-bond donors (Lipinski definition) is 3. The molecule has 28 heavy (non-hydrogen) atoms. The van der Waals surface area contributed by atoms with Gasteiger partial charge in [-0.05, 0) is 20.8 Å². The summed E-state index contributed by atoms with van der Waals surface area (Å²) in [5, 5.41) is 8.16. The smallest absolute Gasteiger partial charge is 0.266 e. The molecule has 1 aliphatic heterocycles. The van der Waals surface area contributed by atoms with Crippen LogP contribution in [0, 0.1) is 0 Å². The number of nitrogens with one attached hydrogen (secondary N) is 1. The van der Waals surface area contributed by atoms with Gasteiger partial charge in [-0.3, -0.25) is 5.01 Å². The second-order valence-electron chi connectivity index (χ2n) is 7.97. The van der Waals surface area contributed by atoms with Crippen LogP contribution in [0.15, 0.2) is 11.4 Å². The van der Waals surface area contributed by atoms with Gasteiger partial charge in [0.25, 0.3) is 5.92 Å². The Kier molecular flexibility index (Phi) is 5.00. The van der Waals surface area contributed by atoms with Crippen LogP contribution in [-0.2, 0) is 6.54 Å². The number of halogens is 2. The minimum absolute atomic E-state index is 0.196. The summed E-state index contributed by atoms with van der Waals surface area (Å²) >= 11 is 0. The van der Waals surface area contributed by atoms with Crippen LogP contribution < -0.4 is 21.9 Å². The van der Waals surface area contributed by atoms with Crippen LogP contribution in [0.4, 0.5) is 20.5 Å². The Morgan fingerprint density at radius 3 is 2.64 bits per heavy atom. The summed E-state index contributed by atoms with van der Waals surface area (Å²) in [6.45, 7) is 5.91. The van der Waals surface area contributed by atoms with Crippen molar-refractivity contribution >= 4 is 28.8 Å². The lowest BCUT2D eigenvalue weighted by atomic mass is 10.1. The van der Waals surface area contributed by atoms with E-state index in [9.17, 15) is 8.78 Å². The molecule has 10 nitrogen and oxygen atoms in total. The number of aromatic nitrogens is 4. The Morgan fingerprint density at radius 2 is 2.11 bits per heavy atom. The largest absolute Gasteiger partial charge is 0.350 e. The highest BCUT2D eigenvalue weighted by atomic mass is 19.3. The van der Waals surface area contributed by atoms with E-state index in [-0.39, 0.29) is 25.0 Å². The summed E-state index contributed by atoms with van der Waals surface area (Å²) in [6, 6.07) is 0. The van der Waals surface area contributed by atoms with Crippen molar-refractivity contribution in [1.29, 1.82) is 0 Å². The fourth-order valence-electron chi connectivity index (χ4n) is 2.97. The van der Waals surface area contributed by atoms with Gasteiger partial charge in [0.2, 0.25) is 5.95 Å². The molecule has 0 amide bonds. The van der Waals surface area contributed by atoms with Crippen LogP contribution in [0.1, 0.15) is 27.2 Å². The van der Waals surface area contributed by atoms with E-state index in [2.05, 4.69) is 25.4 Å². The first-order valence-corrected chi connectivity index (χ1v) is 8.88. The zero-order valence-electron chi connectivity index (χ0n) is 16.4. The Labute approximate surface area is 161 Å². The molecule has 0 unspecified atom stereocenters. The van der Waals surface area contributed by atoms with Crippen LogP contribution >= 0.6 is 0 Å². The minimum atomic E-state index is -2.75. The topological polar surface area (TPSA) is 127 Å². The number of imidazole rings is 1. The normalized spacial score (nSPS) is 17.4. The molecular formula is C16H26F2N10. The van der Waals surface area contributed by atoms with Crippen molar-refractivity contribution in [3.8, 4) is 0 Å². The van der Waals surface area contributed by atoms with Crippen molar-refractivity contribution in [3.05, 3.63) is 6.33 Å². The van der Waals surface area contributed by atoms with E-state index in [0.717, 1.165) is 0 Å². The average Bonchev–Trinajstić information content (AvgIpc) is 3.13. The van der Waals surface area contributed by atoms with E-state index in [0.29, 0.717) is 28.8 Å². The van der Waals surface area contributed by atoms with Gasteiger partial charge >= 0.3 is 0 Å². The molecule has 0 aliphatic carbocycles. The number of fused-ring (bicyclic) bond motifs is 1. The van der Waals surface area contributed by atoms with Crippen LogP contribution in [-0.4, -0.2) is 62.0 Å². The number of anilines is 2. The Bertz CT molecular complexity index is 883. The van der Waals surface area contributed by atoms with Gasteiger partial charge in [0.15, 0.2) is 22.8 Å². The standard InChI is InChI=1S/C16H26F2N10/c1-15(2,3)24-14-22-12(27-6-5-16(17,18)8-27)11-13(23-14)28(9-21-11)7-10(25-19)26(4)20/h9H,5-8,19-20H2,1-4H3,(H,22,23,24)/b25-10-. The molecule has 1 aliphatic rings. The molecule has 0 saturated carbocycles. The first kappa shape index (κ1) is 20.0. The van der Waals surface area contributed by atoms with E-state index < -0.39 is 12.5 Å². The van der Waals surface area contributed by atoms with Gasteiger partial charge in [-0.2, -0.15) is 15.1 Å². The predicted octanol–water partition coefficient (Wildman–Crippen LogP) is 0.960. The molecule has 1 fully saturated rings. The van der Waals surface area contributed by atoms with Gasteiger partial charge in [0.1, 0.15) is 0 Å². The quantitative estimate of drug-likeness (QED) is 0.302. The molecule has 0 bridgehead atoms. The van der Waals surface area contributed by atoms with E-state index in [4.69, 9.17) is 11.7 Å². The number of hydrogen-bond acceptors (Lipinski definition) is 8. The Morgan fingerprint density at radius 1 is 1.39 bits per heavy atom. The molecular weight excluding hydrogens is 370 g/mol. The zero-order chi connectivity index (χ0) is 20.7. The Hall–Kier alpha value is -2.76. The van der Waals surface area contributed by atoms with Crippen LogP contribution in [0.3, 0.4) is 0 Å². The number of rotatable bonds is 4. The summed E-state index contributed by atoms with van der Waals surface area (Å²) in [5.74, 6) is 9.49. The molecule has 1 saturated heterocycles. The van der Waals surface area contributed by atoms with Crippen molar-refractivity contribution in [2.24, 2.45) is 16.8 Å². The molecule has 0 aromatic carbocycles. The molecule has 154 valence electrons. The third-order valence-corrected chi connectivity index (χ3v) is 4.27. The van der Waals surface area contributed by atoms with Gasteiger partial charge in [0, 0.05) is 25.6 Å². The molecule has 5 N–H and O–H groups in total. The van der Waals surface area contributed by atoms with Crippen molar-refractivity contribution in [1.82, 2.24) is 24.5 Å². The van der Waals surface area contributed by atoms with Gasteiger partial charge in [-0.25, -0.2) is 19.6 Å². The van der Waals surface area contributed by atoms with Crippen molar-refractivity contribution in [2.45, 2.75) is 45.2 Å². The number of hydrazone groups is 1.